The zero-order valence-corrected chi connectivity index (χ0v) is 13.3. The van der Waals surface area contributed by atoms with Gasteiger partial charge in [-0.25, -0.2) is 0 Å². The zero-order valence-electron chi connectivity index (χ0n) is 13.3. The predicted molar refractivity (Wildman–Crippen MR) is 89.8 cm³/mol. The second-order valence-electron chi connectivity index (χ2n) is 5.33. The number of aromatic nitrogens is 2. The van der Waals surface area contributed by atoms with E-state index in [1.807, 2.05) is 0 Å². The van der Waals surface area contributed by atoms with E-state index >= 15 is 0 Å². The van der Waals surface area contributed by atoms with Crippen molar-refractivity contribution in [2.24, 2.45) is 0 Å². The Morgan fingerprint density at radius 3 is 2.77 bits per heavy atom. The highest BCUT2D eigenvalue weighted by Crippen LogP contribution is 2.23. The smallest absolute Gasteiger partial charge is 0.389 e. The number of ketones is 1. The Balaban J connectivity index is 1.68. The molecule has 9 nitrogen and oxygen atoms in total. The molecule has 132 valence electrons. The molecule has 0 radical (unpaired) electrons. The number of benzene rings is 1. The molecule has 26 heavy (non-hydrogen) atoms. The highest BCUT2D eigenvalue weighted by Gasteiger charge is 2.12. The number of hydrogen-bond acceptors (Lipinski definition) is 7. The number of aromatic hydroxyl groups is 2. The second kappa shape index (κ2) is 6.93. The van der Waals surface area contributed by atoms with E-state index in [1.165, 1.54) is 41.2 Å². The van der Waals surface area contributed by atoms with Crippen LogP contribution < -0.4 is 0 Å². The van der Waals surface area contributed by atoms with Gasteiger partial charge in [0.05, 0.1) is 22.9 Å². The SMILES string of the molecule is O=C(/C=C/c1ccc(Cn2ccc([N+](=O)[O-])n2)o1)c1ccc(O)cc1O. The van der Waals surface area contributed by atoms with E-state index in [-0.39, 0.29) is 29.4 Å². The first-order valence-electron chi connectivity index (χ1n) is 7.43. The van der Waals surface area contributed by atoms with Gasteiger partial charge in [-0.3, -0.25) is 4.79 Å². The summed E-state index contributed by atoms with van der Waals surface area (Å²) >= 11 is 0. The quantitative estimate of drug-likeness (QED) is 0.301. The van der Waals surface area contributed by atoms with Gasteiger partial charge in [0.1, 0.15) is 29.6 Å². The maximum Gasteiger partial charge on any atom is 0.389 e. The van der Waals surface area contributed by atoms with Crippen LogP contribution in [0.4, 0.5) is 5.82 Å². The van der Waals surface area contributed by atoms with Gasteiger partial charge < -0.3 is 24.7 Å². The summed E-state index contributed by atoms with van der Waals surface area (Å²) < 4.78 is 6.89. The molecule has 9 heteroatoms. The molecular weight excluding hydrogens is 342 g/mol. The van der Waals surface area contributed by atoms with Crippen molar-refractivity contribution in [1.29, 1.82) is 0 Å². The van der Waals surface area contributed by atoms with Gasteiger partial charge in [0, 0.05) is 6.07 Å². The first-order chi connectivity index (χ1) is 12.4. The third-order valence-electron chi connectivity index (χ3n) is 3.46. The van der Waals surface area contributed by atoms with Crippen molar-refractivity contribution < 1.29 is 24.3 Å². The van der Waals surface area contributed by atoms with Gasteiger partial charge in [-0.05, 0) is 41.3 Å². The summed E-state index contributed by atoms with van der Waals surface area (Å²) in [6.45, 7) is 0.203. The summed E-state index contributed by atoms with van der Waals surface area (Å²) in [7, 11) is 0. The fraction of sp³-hybridized carbons (Fsp3) is 0.0588. The number of carbonyl (C=O) groups is 1. The molecule has 0 spiro atoms. The molecule has 0 atom stereocenters. The van der Waals surface area contributed by atoms with E-state index in [1.54, 1.807) is 12.1 Å². The van der Waals surface area contributed by atoms with Gasteiger partial charge in [0.15, 0.2) is 5.78 Å². The molecule has 2 heterocycles. The molecule has 0 bridgehead atoms. The zero-order chi connectivity index (χ0) is 18.7. The van der Waals surface area contributed by atoms with Gasteiger partial charge in [0.2, 0.25) is 0 Å². The molecule has 0 saturated carbocycles. The molecule has 0 aliphatic heterocycles. The molecule has 0 amide bonds. The van der Waals surface area contributed by atoms with Gasteiger partial charge >= 0.3 is 5.82 Å². The van der Waals surface area contributed by atoms with E-state index in [0.29, 0.717) is 11.5 Å². The molecule has 3 aromatic rings. The minimum Gasteiger partial charge on any atom is -0.508 e. The Kier molecular flexibility index (Phi) is 4.52. The van der Waals surface area contributed by atoms with Crippen molar-refractivity contribution in [2.75, 3.05) is 0 Å². The topological polar surface area (TPSA) is 132 Å². The first-order valence-corrected chi connectivity index (χ1v) is 7.43. The van der Waals surface area contributed by atoms with E-state index < -0.39 is 10.7 Å². The van der Waals surface area contributed by atoms with Crippen LogP contribution in [0.25, 0.3) is 6.08 Å². The van der Waals surface area contributed by atoms with Crippen molar-refractivity contribution in [3.05, 3.63) is 75.9 Å². The number of hydrogen-bond donors (Lipinski definition) is 2. The lowest BCUT2D eigenvalue weighted by atomic mass is 10.1. The average Bonchev–Trinajstić information content (AvgIpc) is 3.22. The predicted octanol–water partition coefficient (Wildman–Crippen LogP) is 2.74. The lowest BCUT2D eigenvalue weighted by molar-refractivity contribution is -0.389. The van der Waals surface area contributed by atoms with Gasteiger partial charge in [0.25, 0.3) is 0 Å². The number of phenols is 2. The minimum absolute atomic E-state index is 0.0506. The van der Waals surface area contributed by atoms with Crippen molar-refractivity contribution in [3.63, 3.8) is 0 Å². The van der Waals surface area contributed by atoms with Crippen LogP contribution in [-0.4, -0.2) is 30.7 Å². The Bertz CT molecular complexity index is 1000. The van der Waals surface area contributed by atoms with Gasteiger partial charge in [-0.15, -0.1) is 0 Å². The Morgan fingerprint density at radius 1 is 1.27 bits per heavy atom. The molecule has 2 aromatic heterocycles. The van der Waals surface area contributed by atoms with E-state index in [2.05, 4.69) is 5.10 Å². The minimum atomic E-state index is -0.586. The number of furan rings is 1. The monoisotopic (exact) mass is 355 g/mol. The number of allylic oxidation sites excluding steroid dienone is 1. The van der Waals surface area contributed by atoms with Crippen molar-refractivity contribution in [3.8, 4) is 11.5 Å². The fourth-order valence-electron chi connectivity index (χ4n) is 2.24. The van der Waals surface area contributed by atoms with Crippen LogP contribution >= 0.6 is 0 Å². The third-order valence-corrected chi connectivity index (χ3v) is 3.46. The van der Waals surface area contributed by atoms with Crippen molar-refractivity contribution in [2.45, 2.75) is 6.54 Å². The first kappa shape index (κ1) is 17.0. The van der Waals surface area contributed by atoms with Gasteiger partial charge in [-0.2, -0.15) is 4.68 Å². The molecule has 2 N–H and O–H groups in total. The average molecular weight is 355 g/mol. The standard InChI is InChI=1S/C17H13N3O6/c21-11-1-5-14(16(23)9-11)15(22)6-4-12-2-3-13(26-12)10-19-8-7-17(18-19)20(24)25/h1-9,21,23H,10H2/b6-4+. The summed E-state index contributed by atoms with van der Waals surface area (Å²) in [6, 6.07) is 8.27. The number of phenolic OH excluding ortho intramolecular Hbond substituents is 2. The summed E-state index contributed by atoms with van der Waals surface area (Å²) in [5.41, 5.74) is 0.0506. The van der Waals surface area contributed by atoms with Crippen molar-refractivity contribution >= 4 is 17.7 Å². The molecule has 0 aliphatic carbocycles. The highest BCUT2D eigenvalue weighted by molar-refractivity contribution is 6.08. The van der Waals surface area contributed by atoms with Crippen LogP contribution in [0, 0.1) is 10.1 Å². The van der Waals surface area contributed by atoms with E-state index in [4.69, 9.17) is 4.42 Å². The van der Waals surface area contributed by atoms with Crippen LogP contribution in [0.1, 0.15) is 21.9 Å². The summed E-state index contributed by atoms with van der Waals surface area (Å²) in [4.78, 5) is 22.1. The van der Waals surface area contributed by atoms with Gasteiger partial charge in [-0.1, -0.05) is 0 Å². The molecular formula is C17H13N3O6. The van der Waals surface area contributed by atoms with Crippen LogP contribution in [0.15, 0.2) is 53.1 Å². The van der Waals surface area contributed by atoms with E-state index in [9.17, 15) is 25.1 Å². The second-order valence-corrected chi connectivity index (χ2v) is 5.33. The number of nitrogens with zero attached hydrogens (tertiary/aromatic N) is 3. The number of rotatable bonds is 6. The van der Waals surface area contributed by atoms with Crippen LogP contribution in [0.5, 0.6) is 11.5 Å². The maximum atomic E-state index is 12.1. The van der Waals surface area contributed by atoms with Crippen LogP contribution in [-0.2, 0) is 6.54 Å². The lowest BCUT2D eigenvalue weighted by Gasteiger charge is -2.00. The number of nitro groups is 1. The van der Waals surface area contributed by atoms with Crippen molar-refractivity contribution in [1.82, 2.24) is 9.78 Å². The fourth-order valence-corrected chi connectivity index (χ4v) is 2.24. The van der Waals surface area contributed by atoms with Crippen LogP contribution in [0.2, 0.25) is 0 Å². The Hall–Kier alpha value is -3.88. The molecule has 0 unspecified atom stereocenters. The third kappa shape index (κ3) is 3.78. The molecule has 3 rings (SSSR count). The highest BCUT2D eigenvalue weighted by atomic mass is 16.6. The molecule has 0 aliphatic rings. The lowest BCUT2D eigenvalue weighted by Crippen LogP contribution is -2.00. The summed E-state index contributed by atoms with van der Waals surface area (Å²) in [6.07, 6.45) is 4.13. The summed E-state index contributed by atoms with van der Waals surface area (Å²) in [5, 5.41) is 33.3. The normalized spacial score (nSPS) is 11.1. The number of carbonyl (C=O) groups excluding carboxylic acids is 1. The maximum absolute atomic E-state index is 12.1. The summed E-state index contributed by atoms with van der Waals surface area (Å²) in [5.74, 6) is -0.271. The molecule has 0 saturated heterocycles. The Labute approximate surface area is 146 Å². The molecule has 0 fully saturated rings. The largest absolute Gasteiger partial charge is 0.508 e. The molecule has 1 aromatic carbocycles. The Morgan fingerprint density at radius 2 is 2.08 bits per heavy atom. The van der Waals surface area contributed by atoms with E-state index in [0.717, 1.165) is 6.07 Å². The van der Waals surface area contributed by atoms with Crippen LogP contribution in [0.3, 0.4) is 0 Å².